The number of nitrogens with zero attached hydrogens (tertiary/aromatic N) is 1. The third kappa shape index (κ3) is 9.14. The first-order valence-electron chi connectivity index (χ1n) is 9.45. The molecule has 0 saturated carbocycles. The van der Waals surface area contributed by atoms with Gasteiger partial charge in [-0.3, -0.25) is 4.90 Å². The number of ether oxygens (including phenoxy) is 2. The Morgan fingerprint density at radius 3 is 2.17 bits per heavy atom. The highest BCUT2D eigenvalue weighted by molar-refractivity contribution is 6.60. The van der Waals surface area contributed by atoms with E-state index in [0.717, 1.165) is 45.3 Å². The average molecular weight is 351 g/mol. The highest BCUT2D eigenvalue weighted by Gasteiger charge is 2.39. The summed E-state index contributed by atoms with van der Waals surface area (Å²) >= 11 is 0. The van der Waals surface area contributed by atoms with Crippen LogP contribution in [0.4, 0.5) is 0 Å². The monoisotopic (exact) mass is 350 g/mol. The van der Waals surface area contributed by atoms with Gasteiger partial charge in [-0.25, -0.2) is 0 Å². The van der Waals surface area contributed by atoms with Gasteiger partial charge < -0.3 is 22.8 Å². The fourth-order valence-corrected chi connectivity index (χ4v) is 5.16. The number of hydrogen-bond donors (Lipinski definition) is 0. The van der Waals surface area contributed by atoms with Gasteiger partial charge in [0.2, 0.25) is 0 Å². The standard InChI is InChI=1S/C16H35NO5Si/c1-4-20-23(21-5-2,22-6-3)16-8-13-18-12-7-9-17-10-14-19-15-11-17/h4-16H2,1-3H3/i7D. The molecule has 0 spiro atoms. The van der Waals surface area contributed by atoms with Crippen molar-refractivity contribution in [1.82, 2.24) is 4.90 Å². The van der Waals surface area contributed by atoms with Crippen molar-refractivity contribution >= 4 is 8.80 Å². The predicted octanol–water partition coefficient (Wildman–Crippen LogP) is 2.16. The number of morpholine rings is 1. The van der Waals surface area contributed by atoms with E-state index in [1.807, 2.05) is 20.8 Å². The lowest BCUT2D eigenvalue weighted by Crippen LogP contribution is -2.46. The molecule has 0 radical (unpaired) electrons. The first-order valence-corrected chi connectivity index (χ1v) is 10.8. The highest BCUT2D eigenvalue weighted by atomic mass is 28.4. The summed E-state index contributed by atoms with van der Waals surface area (Å²) in [7, 11) is -2.56. The smallest absolute Gasteiger partial charge is 0.381 e. The summed E-state index contributed by atoms with van der Waals surface area (Å²) in [6.07, 6.45) is 0.618. The molecular weight excluding hydrogens is 314 g/mol. The summed E-state index contributed by atoms with van der Waals surface area (Å²) < 4.78 is 36.6. The minimum atomic E-state index is -2.56. The molecule has 1 fully saturated rings. The van der Waals surface area contributed by atoms with E-state index in [1.54, 1.807) is 0 Å². The Hall–Kier alpha value is -0.0231. The van der Waals surface area contributed by atoms with E-state index >= 15 is 0 Å². The van der Waals surface area contributed by atoms with Crippen LogP contribution >= 0.6 is 0 Å². The Bertz CT molecular complexity index is 291. The summed E-state index contributed by atoms with van der Waals surface area (Å²) in [6, 6.07) is 0.759. The van der Waals surface area contributed by atoms with Crippen LogP contribution in [0.2, 0.25) is 6.04 Å². The van der Waals surface area contributed by atoms with Gasteiger partial charge in [-0.05, 0) is 33.6 Å². The molecule has 1 aliphatic heterocycles. The number of hydrogen-bond acceptors (Lipinski definition) is 6. The molecule has 6 nitrogen and oxygen atoms in total. The van der Waals surface area contributed by atoms with Gasteiger partial charge in [-0.15, -0.1) is 0 Å². The van der Waals surface area contributed by atoms with Crippen LogP contribution in [-0.2, 0) is 22.8 Å². The zero-order valence-corrected chi connectivity index (χ0v) is 16.1. The van der Waals surface area contributed by atoms with Crippen LogP contribution in [-0.4, -0.2) is 79.6 Å². The molecule has 1 unspecified atom stereocenters. The van der Waals surface area contributed by atoms with Crippen LogP contribution in [0, 0.1) is 0 Å². The molecule has 1 rings (SSSR count). The van der Waals surface area contributed by atoms with Crippen LogP contribution in [0.1, 0.15) is 35.0 Å². The summed E-state index contributed by atoms with van der Waals surface area (Å²) in [6.45, 7) is 12.9. The van der Waals surface area contributed by atoms with Gasteiger partial charge in [-0.1, -0.05) is 0 Å². The Morgan fingerprint density at radius 1 is 1.00 bits per heavy atom. The van der Waals surface area contributed by atoms with E-state index in [-0.39, 0.29) is 6.40 Å². The predicted molar refractivity (Wildman–Crippen MR) is 92.8 cm³/mol. The lowest BCUT2D eigenvalue weighted by atomic mass is 10.3. The Balaban J connectivity index is 2.19. The van der Waals surface area contributed by atoms with Gasteiger partial charge in [0.05, 0.1) is 13.2 Å². The van der Waals surface area contributed by atoms with Crippen molar-refractivity contribution in [3.8, 4) is 0 Å². The number of rotatable bonds is 14. The fourth-order valence-electron chi connectivity index (χ4n) is 2.58. The van der Waals surface area contributed by atoms with Gasteiger partial charge in [-0.2, -0.15) is 0 Å². The molecule has 23 heavy (non-hydrogen) atoms. The van der Waals surface area contributed by atoms with Crippen LogP contribution < -0.4 is 0 Å². The third-order valence-electron chi connectivity index (χ3n) is 3.59. The Morgan fingerprint density at radius 2 is 1.61 bits per heavy atom. The zero-order valence-electron chi connectivity index (χ0n) is 16.1. The van der Waals surface area contributed by atoms with Gasteiger partial charge in [0.15, 0.2) is 0 Å². The summed E-state index contributed by atoms with van der Waals surface area (Å²) in [4.78, 5) is 2.27. The van der Waals surface area contributed by atoms with Crippen LogP contribution in [0.3, 0.4) is 0 Å². The molecule has 0 bridgehead atoms. The van der Waals surface area contributed by atoms with E-state index in [1.165, 1.54) is 0 Å². The van der Waals surface area contributed by atoms with E-state index in [9.17, 15) is 0 Å². The minimum absolute atomic E-state index is 0.212. The normalized spacial score (nSPS) is 18.8. The topological polar surface area (TPSA) is 49.4 Å². The SMILES string of the molecule is [2H]C(COCCC[Si](OCC)(OCC)OCC)CN1CCOCC1. The largest absolute Gasteiger partial charge is 0.501 e. The molecule has 0 N–H and O–H groups in total. The van der Waals surface area contributed by atoms with Crippen molar-refractivity contribution in [2.45, 2.75) is 39.6 Å². The fraction of sp³-hybridized carbons (Fsp3) is 1.00. The maximum Gasteiger partial charge on any atom is 0.501 e. The van der Waals surface area contributed by atoms with Crippen LogP contribution in [0.15, 0.2) is 0 Å². The summed E-state index contributed by atoms with van der Waals surface area (Å²) in [5.41, 5.74) is 0. The second kappa shape index (κ2) is 13.3. The molecule has 0 aromatic rings. The van der Waals surface area contributed by atoms with Gasteiger partial charge in [0, 0.05) is 60.1 Å². The second-order valence-corrected chi connectivity index (χ2v) is 8.09. The molecule has 0 amide bonds. The van der Waals surface area contributed by atoms with Gasteiger partial charge >= 0.3 is 8.80 Å². The van der Waals surface area contributed by atoms with Crippen molar-refractivity contribution in [2.24, 2.45) is 0 Å². The van der Waals surface area contributed by atoms with E-state index < -0.39 is 8.80 Å². The maximum absolute atomic E-state index is 8.09. The summed E-state index contributed by atoms with van der Waals surface area (Å²) in [5.74, 6) is 0. The van der Waals surface area contributed by atoms with Crippen LogP contribution in [0.5, 0.6) is 0 Å². The lowest BCUT2D eigenvalue weighted by Gasteiger charge is -2.28. The maximum atomic E-state index is 8.09. The zero-order chi connectivity index (χ0) is 17.7. The van der Waals surface area contributed by atoms with Crippen molar-refractivity contribution < 1.29 is 24.1 Å². The molecule has 0 aromatic carbocycles. The van der Waals surface area contributed by atoms with Crippen molar-refractivity contribution in [1.29, 1.82) is 0 Å². The van der Waals surface area contributed by atoms with Crippen molar-refractivity contribution in [3.05, 3.63) is 0 Å². The Labute approximate surface area is 144 Å². The minimum Gasteiger partial charge on any atom is -0.381 e. The second-order valence-electron chi connectivity index (χ2n) is 5.36. The lowest BCUT2D eigenvalue weighted by molar-refractivity contribution is 0.0315. The molecule has 0 aliphatic carbocycles. The van der Waals surface area contributed by atoms with E-state index in [0.29, 0.717) is 33.0 Å². The Kier molecular flexibility index (Phi) is 11.2. The van der Waals surface area contributed by atoms with Crippen LogP contribution in [0.25, 0.3) is 0 Å². The van der Waals surface area contributed by atoms with Gasteiger partial charge in [0.1, 0.15) is 0 Å². The molecule has 1 aliphatic rings. The average Bonchev–Trinajstić information content (AvgIpc) is 2.56. The van der Waals surface area contributed by atoms with E-state index in [2.05, 4.69) is 4.90 Å². The molecule has 7 heteroatoms. The summed E-state index contributed by atoms with van der Waals surface area (Å²) in [5, 5.41) is 0. The molecule has 1 heterocycles. The first-order chi connectivity index (χ1) is 11.7. The third-order valence-corrected chi connectivity index (χ3v) is 6.74. The molecule has 138 valence electrons. The molecule has 1 atom stereocenters. The highest BCUT2D eigenvalue weighted by Crippen LogP contribution is 2.18. The molecule has 0 aromatic heterocycles. The quantitative estimate of drug-likeness (QED) is 0.353. The first kappa shape index (κ1) is 19.3. The van der Waals surface area contributed by atoms with Gasteiger partial charge in [0.25, 0.3) is 0 Å². The molecule has 1 saturated heterocycles. The van der Waals surface area contributed by atoms with Crippen molar-refractivity contribution in [3.63, 3.8) is 0 Å². The van der Waals surface area contributed by atoms with E-state index in [4.69, 9.17) is 24.1 Å². The molecular formula is C16H35NO5Si. The van der Waals surface area contributed by atoms with Crippen molar-refractivity contribution in [2.75, 3.05) is 65.9 Å².